The topological polar surface area (TPSA) is 60.8 Å². The highest BCUT2D eigenvalue weighted by Gasteiger charge is 2.48. The molecule has 2 N–H and O–H groups in total. The summed E-state index contributed by atoms with van der Waals surface area (Å²) in [6.07, 6.45) is -7.24. The number of aliphatic hydroxyl groups is 2. The maximum absolute atomic E-state index is 13.2. The van der Waals surface area contributed by atoms with Gasteiger partial charge in [-0.25, -0.2) is 0 Å². The summed E-state index contributed by atoms with van der Waals surface area (Å²) >= 11 is 0. The third kappa shape index (κ3) is 2.71. The van der Waals surface area contributed by atoms with Gasteiger partial charge in [0.1, 0.15) is 5.76 Å². The molecule has 1 atom stereocenters. The Morgan fingerprint density at radius 3 is 2.25 bits per heavy atom. The van der Waals surface area contributed by atoms with E-state index in [9.17, 15) is 28.2 Å². The average Bonchev–Trinajstić information content (AvgIpc) is 2.67. The van der Waals surface area contributed by atoms with Gasteiger partial charge in [-0.1, -0.05) is 48.5 Å². The summed E-state index contributed by atoms with van der Waals surface area (Å²) in [4.78, 5) is 13.2. The van der Waals surface area contributed by atoms with Gasteiger partial charge in [0.05, 0.1) is 11.3 Å². The Morgan fingerprint density at radius 2 is 1.57 bits per heavy atom. The molecule has 0 fully saturated rings. The lowest BCUT2D eigenvalue weighted by molar-refractivity contribution is -0.167. The second kappa shape index (κ2) is 6.38. The highest BCUT2D eigenvalue weighted by molar-refractivity contribution is 6.12. The molecule has 0 amide bonds. The number of rotatable bonds is 2. The lowest BCUT2D eigenvalue weighted by atomic mass is 9.91. The predicted octanol–water partition coefficient (Wildman–Crippen LogP) is 4.71. The Bertz CT molecular complexity index is 1110. The molecule has 1 aliphatic rings. The Labute approximate surface area is 157 Å². The van der Waals surface area contributed by atoms with E-state index in [1.165, 1.54) is 4.90 Å². The maximum atomic E-state index is 13.2. The van der Waals surface area contributed by atoms with E-state index in [0.717, 1.165) is 0 Å². The Hall–Kier alpha value is -3.32. The Kier molecular flexibility index (Phi) is 4.12. The van der Waals surface area contributed by atoms with Crippen LogP contribution in [0.4, 0.5) is 24.5 Å². The number of ketones is 1. The molecule has 0 saturated carbocycles. The third-order valence-corrected chi connectivity index (χ3v) is 4.70. The van der Waals surface area contributed by atoms with E-state index in [0.29, 0.717) is 22.1 Å². The van der Waals surface area contributed by atoms with Crippen LogP contribution < -0.4 is 4.90 Å². The number of fused-ring (bicyclic) bond motifs is 3. The monoisotopic (exact) mass is 385 g/mol. The molecule has 0 radical (unpaired) electrons. The van der Waals surface area contributed by atoms with Crippen LogP contribution in [-0.2, 0) is 4.79 Å². The Balaban J connectivity index is 2.07. The van der Waals surface area contributed by atoms with Crippen LogP contribution in [0.3, 0.4) is 0 Å². The van der Waals surface area contributed by atoms with Crippen LogP contribution in [0.5, 0.6) is 0 Å². The second-order valence-corrected chi connectivity index (χ2v) is 6.35. The number of hydrogen-bond acceptors (Lipinski definition) is 4. The number of benzene rings is 3. The van der Waals surface area contributed by atoms with E-state index in [1.54, 1.807) is 66.7 Å². The van der Waals surface area contributed by atoms with Gasteiger partial charge in [0.15, 0.2) is 6.23 Å². The summed E-state index contributed by atoms with van der Waals surface area (Å²) in [5, 5.41) is 22.5. The highest BCUT2D eigenvalue weighted by atomic mass is 19.4. The van der Waals surface area contributed by atoms with Gasteiger partial charge in [-0.15, -0.1) is 0 Å². The smallest absolute Gasteiger partial charge is 0.454 e. The summed E-state index contributed by atoms with van der Waals surface area (Å²) in [6, 6.07) is 18.4. The number of alkyl halides is 3. The van der Waals surface area contributed by atoms with Crippen molar-refractivity contribution in [1.82, 2.24) is 0 Å². The standard InChI is InChI=1S/C21H14F3NO3/c22-21(23,24)19(27)17-18(26)16-14-9-5-4-6-12(14)10-11-15(16)25(20(17)28)13-7-2-1-3-8-13/h1-11,20,26,28H. The number of nitrogens with zero attached hydrogens (tertiary/aromatic N) is 1. The van der Waals surface area contributed by atoms with E-state index < -0.39 is 29.5 Å². The van der Waals surface area contributed by atoms with Crippen LogP contribution in [0.2, 0.25) is 0 Å². The molecule has 7 heteroatoms. The van der Waals surface area contributed by atoms with Crippen molar-refractivity contribution in [3.63, 3.8) is 0 Å². The summed E-state index contributed by atoms with van der Waals surface area (Å²) in [7, 11) is 0. The van der Waals surface area contributed by atoms with E-state index >= 15 is 0 Å². The largest absolute Gasteiger partial charge is 0.507 e. The summed E-state index contributed by atoms with van der Waals surface area (Å²) < 4.78 is 39.5. The molecule has 1 unspecified atom stereocenters. The van der Waals surface area contributed by atoms with Crippen molar-refractivity contribution in [3.8, 4) is 0 Å². The molecular weight excluding hydrogens is 371 g/mol. The summed E-state index contributed by atoms with van der Waals surface area (Å²) in [5.74, 6) is -3.15. The van der Waals surface area contributed by atoms with Gasteiger partial charge in [-0.2, -0.15) is 13.2 Å². The van der Waals surface area contributed by atoms with Gasteiger partial charge in [-0.05, 0) is 29.0 Å². The minimum Gasteiger partial charge on any atom is -0.507 e. The van der Waals surface area contributed by atoms with Crippen LogP contribution in [-0.4, -0.2) is 28.4 Å². The lowest BCUT2D eigenvalue weighted by Gasteiger charge is -2.37. The number of carbonyl (C=O) groups is 1. The zero-order valence-electron chi connectivity index (χ0n) is 14.3. The van der Waals surface area contributed by atoms with E-state index in [1.807, 2.05) is 0 Å². The van der Waals surface area contributed by atoms with Crippen molar-refractivity contribution in [2.24, 2.45) is 0 Å². The van der Waals surface area contributed by atoms with Gasteiger partial charge in [0.2, 0.25) is 0 Å². The first-order valence-electron chi connectivity index (χ1n) is 8.40. The number of para-hydroxylation sites is 1. The van der Waals surface area contributed by atoms with Crippen molar-refractivity contribution in [2.45, 2.75) is 12.4 Å². The fourth-order valence-corrected chi connectivity index (χ4v) is 3.47. The SMILES string of the molecule is O=C(C1=C(O)c2c(ccc3ccccc23)N(c2ccccc2)C1O)C(F)(F)F. The molecule has 0 bridgehead atoms. The Morgan fingerprint density at radius 1 is 0.929 bits per heavy atom. The molecule has 28 heavy (non-hydrogen) atoms. The minimum atomic E-state index is -5.24. The molecule has 0 saturated heterocycles. The average molecular weight is 385 g/mol. The molecule has 4 nitrogen and oxygen atoms in total. The minimum absolute atomic E-state index is 0.0693. The molecule has 1 heterocycles. The van der Waals surface area contributed by atoms with Crippen LogP contribution in [0.25, 0.3) is 16.5 Å². The van der Waals surface area contributed by atoms with Crippen molar-refractivity contribution < 1.29 is 28.2 Å². The molecule has 0 spiro atoms. The molecule has 142 valence electrons. The molecule has 4 rings (SSSR count). The van der Waals surface area contributed by atoms with Crippen molar-refractivity contribution >= 4 is 33.7 Å². The summed E-state index contributed by atoms with van der Waals surface area (Å²) in [6.45, 7) is 0. The molecule has 3 aromatic rings. The van der Waals surface area contributed by atoms with Crippen LogP contribution in [0.1, 0.15) is 5.56 Å². The van der Waals surface area contributed by atoms with Crippen LogP contribution in [0.15, 0.2) is 72.3 Å². The van der Waals surface area contributed by atoms with Crippen molar-refractivity contribution in [1.29, 1.82) is 0 Å². The molecule has 1 aliphatic heterocycles. The van der Waals surface area contributed by atoms with Crippen molar-refractivity contribution in [2.75, 3.05) is 4.90 Å². The van der Waals surface area contributed by atoms with Gasteiger partial charge in [0.25, 0.3) is 5.78 Å². The van der Waals surface area contributed by atoms with Gasteiger partial charge >= 0.3 is 6.18 Å². The first kappa shape index (κ1) is 18.1. The molecular formula is C21H14F3NO3. The number of Topliss-reactive ketones (excluding diaryl/α,β-unsaturated/α-hetero) is 1. The van der Waals surface area contributed by atoms with E-state index in [4.69, 9.17) is 0 Å². The number of carbonyl (C=O) groups excluding carboxylic acids is 1. The van der Waals surface area contributed by atoms with Gasteiger partial charge in [0, 0.05) is 11.3 Å². The van der Waals surface area contributed by atoms with Crippen LogP contribution in [0, 0.1) is 0 Å². The summed E-state index contributed by atoms with van der Waals surface area (Å²) in [5.41, 5.74) is -0.347. The fourth-order valence-electron chi connectivity index (χ4n) is 3.47. The quantitative estimate of drug-likeness (QED) is 0.671. The van der Waals surface area contributed by atoms with Gasteiger partial charge < -0.3 is 15.1 Å². The number of anilines is 2. The third-order valence-electron chi connectivity index (χ3n) is 4.70. The number of hydrogen-bond donors (Lipinski definition) is 2. The maximum Gasteiger partial charge on any atom is 0.454 e. The van der Waals surface area contributed by atoms with Gasteiger partial charge in [-0.3, -0.25) is 4.79 Å². The molecule has 0 aromatic heterocycles. The molecule has 0 aliphatic carbocycles. The normalized spacial score (nSPS) is 17.0. The first-order chi connectivity index (χ1) is 13.3. The van der Waals surface area contributed by atoms with Crippen LogP contribution >= 0.6 is 0 Å². The highest BCUT2D eigenvalue weighted by Crippen LogP contribution is 2.45. The molecule has 3 aromatic carbocycles. The zero-order chi connectivity index (χ0) is 20.1. The lowest BCUT2D eigenvalue weighted by Crippen LogP contribution is -2.42. The second-order valence-electron chi connectivity index (χ2n) is 6.35. The first-order valence-corrected chi connectivity index (χ1v) is 8.40. The van der Waals surface area contributed by atoms with E-state index in [-0.39, 0.29) is 5.56 Å². The zero-order valence-corrected chi connectivity index (χ0v) is 14.3. The van der Waals surface area contributed by atoms with E-state index in [2.05, 4.69) is 0 Å². The number of aliphatic hydroxyl groups excluding tert-OH is 2. The number of halogens is 3. The fraction of sp³-hybridized carbons (Fsp3) is 0.0952. The van der Waals surface area contributed by atoms with Crippen molar-refractivity contribution in [3.05, 3.63) is 77.9 Å². The predicted molar refractivity (Wildman–Crippen MR) is 99.1 cm³/mol.